The molecule has 0 spiro atoms. The molecule has 2 aromatic rings. The number of anilines is 1. The number of nitro groups is 1. The van der Waals surface area contributed by atoms with Crippen molar-refractivity contribution in [3.63, 3.8) is 0 Å². The average molecular weight is 401 g/mol. The van der Waals surface area contributed by atoms with Crippen LogP contribution < -0.4 is 19.5 Å². The van der Waals surface area contributed by atoms with E-state index in [0.29, 0.717) is 30.3 Å². The molecule has 0 unspecified atom stereocenters. The molecular weight excluding hydrogens is 378 g/mol. The predicted octanol–water partition coefficient (Wildman–Crippen LogP) is 2.62. The molecule has 0 fully saturated rings. The number of ether oxygens (including phenoxy) is 3. The van der Waals surface area contributed by atoms with Gasteiger partial charge in [-0.05, 0) is 35.7 Å². The Morgan fingerprint density at radius 3 is 2.34 bits per heavy atom. The number of methoxy groups -OCH3 is 3. The number of rotatable bonds is 7. The highest BCUT2D eigenvalue weighted by Gasteiger charge is 2.22. The van der Waals surface area contributed by atoms with Crippen molar-refractivity contribution < 1.29 is 23.9 Å². The van der Waals surface area contributed by atoms with E-state index in [1.54, 1.807) is 14.2 Å². The Morgan fingerprint density at radius 1 is 1.07 bits per heavy atom. The highest BCUT2D eigenvalue weighted by atomic mass is 16.6. The first-order valence-electron chi connectivity index (χ1n) is 9.03. The second kappa shape index (κ2) is 8.78. The van der Waals surface area contributed by atoms with Crippen LogP contribution in [0.4, 0.5) is 11.4 Å². The fourth-order valence-electron chi connectivity index (χ4n) is 3.38. The molecule has 0 aliphatic carbocycles. The molecule has 29 heavy (non-hydrogen) atoms. The van der Waals surface area contributed by atoms with Gasteiger partial charge in [0.15, 0.2) is 11.5 Å². The van der Waals surface area contributed by atoms with Crippen LogP contribution in [0.1, 0.15) is 11.1 Å². The van der Waals surface area contributed by atoms with Crippen molar-refractivity contribution >= 4 is 17.3 Å². The van der Waals surface area contributed by atoms with Gasteiger partial charge in [-0.1, -0.05) is 0 Å². The molecule has 0 aromatic heterocycles. The van der Waals surface area contributed by atoms with Crippen molar-refractivity contribution in [1.29, 1.82) is 0 Å². The zero-order valence-electron chi connectivity index (χ0n) is 16.6. The van der Waals surface area contributed by atoms with Crippen LogP contribution in [0.2, 0.25) is 0 Å². The number of nitrogens with one attached hydrogen (secondary N) is 1. The SMILES string of the molecule is COc1ccc([N+](=O)[O-])cc1NC(=O)CN1CCc2cc(OC)c(OC)cc2C1. The zero-order chi connectivity index (χ0) is 21.0. The highest BCUT2D eigenvalue weighted by molar-refractivity contribution is 5.94. The Hall–Kier alpha value is -3.33. The molecule has 1 heterocycles. The molecule has 9 heteroatoms. The van der Waals surface area contributed by atoms with E-state index in [1.165, 1.54) is 30.9 Å². The number of nitrogens with zero attached hydrogens (tertiary/aromatic N) is 2. The van der Waals surface area contributed by atoms with Crippen molar-refractivity contribution in [3.8, 4) is 17.2 Å². The molecule has 154 valence electrons. The Morgan fingerprint density at radius 2 is 1.72 bits per heavy atom. The van der Waals surface area contributed by atoms with Gasteiger partial charge in [-0.2, -0.15) is 0 Å². The van der Waals surface area contributed by atoms with Crippen molar-refractivity contribution in [3.05, 3.63) is 51.6 Å². The van der Waals surface area contributed by atoms with Gasteiger partial charge in [0.2, 0.25) is 5.91 Å². The standard InChI is InChI=1S/C20H23N3O6/c1-27-17-5-4-15(23(25)26)10-16(17)21-20(24)12-22-7-6-13-8-18(28-2)19(29-3)9-14(13)11-22/h4-5,8-10H,6-7,11-12H2,1-3H3,(H,21,24). The third-order valence-corrected chi connectivity index (χ3v) is 4.83. The van der Waals surface area contributed by atoms with Crippen LogP contribution >= 0.6 is 0 Å². The summed E-state index contributed by atoms with van der Waals surface area (Å²) < 4.78 is 15.9. The van der Waals surface area contributed by atoms with Crippen LogP contribution in [0, 0.1) is 10.1 Å². The fraction of sp³-hybridized carbons (Fsp3) is 0.350. The van der Waals surface area contributed by atoms with E-state index in [0.717, 1.165) is 12.0 Å². The largest absolute Gasteiger partial charge is 0.495 e. The summed E-state index contributed by atoms with van der Waals surface area (Å²) in [5, 5.41) is 13.7. The van der Waals surface area contributed by atoms with Gasteiger partial charge in [0.25, 0.3) is 5.69 Å². The Kier molecular flexibility index (Phi) is 6.18. The topological polar surface area (TPSA) is 103 Å². The molecule has 0 saturated carbocycles. The lowest BCUT2D eigenvalue weighted by Gasteiger charge is -2.29. The molecule has 1 amide bonds. The van der Waals surface area contributed by atoms with Gasteiger partial charge < -0.3 is 19.5 Å². The molecule has 2 aromatic carbocycles. The van der Waals surface area contributed by atoms with Gasteiger partial charge >= 0.3 is 0 Å². The number of nitro benzene ring substituents is 1. The number of non-ortho nitro benzene ring substituents is 1. The minimum absolute atomic E-state index is 0.117. The van der Waals surface area contributed by atoms with E-state index >= 15 is 0 Å². The highest BCUT2D eigenvalue weighted by Crippen LogP contribution is 2.33. The van der Waals surface area contributed by atoms with E-state index in [-0.39, 0.29) is 23.8 Å². The van der Waals surface area contributed by atoms with E-state index in [2.05, 4.69) is 5.32 Å². The Labute approximate surface area is 168 Å². The number of benzene rings is 2. The van der Waals surface area contributed by atoms with Crippen LogP contribution in [0.5, 0.6) is 17.2 Å². The van der Waals surface area contributed by atoms with Crippen LogP contribution in [0.25, 0.3) is 0 Å². The molecule has 0 saturated heterocycles. The summed E-state index contributed by atoms with van der Waals surface area (Å²) >= 11 is 0. The van der Waals surface area contributed by atoms with Crippen LogP contribution in [0.15, 0.2) is 30.3 Å². The maximum atomic E-state index is 12.5. The minimum Gasteiger partial charge on any atom is -0.495 e. The van der Waals surface area contributed by atoms with E-state index in [4.69, 9.17) is 14.2 Å². The van der Waals surface area contributed by atoms with Crippen molar-refractivity contribution in [2.45, 2.75) is 13.0 Å². The Balaban J connectivity index is 1.70. The average Bonchev–Trinajstić information content (AvgIpc) is 2.72. The molecule has 1 aliphatic rings. The molecule has 3 rings (SSSR count). The summed E-state index contributed by atoms with van der Waals surface area (Å²) in [6, 6.07) is 7.99. The van der Waals surface area contributed by atoms with Crippen LogP contribution in [-0.2, 0) is 17.8 Å². The number of fused-ring (bicyclic) bond motifs is 1. The van der Waals surface area contributed by atoms with E-state index < -0.39 is 4.92 Å². The first kappa shape index (κ1) is 20.4. The van der Waals surface area contributed by atoms with Gasteiger partial charge in [0, 0.05) is 25.2 Å². The first-order chi connectivity index (χ1) is 13.9. The van der Waals surface area contributed by atoms with Crippen molar-refractivity contribution in [1.82, 2.24) is 4.90 Å². The predicted molar refractivity (Wildman–Crippen MR) is 107 cm³/mol. The molecule has 9 nitrogen and oxygen atoms in total. The van der Waals surface area contributed by atoms with Gasteiger partial charge in [-0.25, -0.2) is 0 Å². The second-order valence-corrected chi connectivity index (χ2v) is 6.63. The Bertz CT molecular complexity index is 931. The van der Waals surface area contributed by atoms with Gasteiger partial charge in [-0.15, -0.1) is 0 Å². The molecule has 0 radical (unpaired) electrons. The van der Waals surface area contributed by atoms with Gasteiger partial charge in [0.05, 0.1) is 38.5 Å². The summed E-state index contributed by atoms with van der Waals surface area (Å²) in [7, 11) is 4.64. The summed E-state index contributed by atoms with van der Waals surface area (Å²) in [6.07, 6.45) is 0.781. The van der Waals surface area contributed by atoms with E-state index in [1.807, 2.05) is 17.0 Å². The molecule has 0 bridgehead atoms. The molecule has 1 aliphatic heterocycles. The van der Waals surface area contributed by atoms with E-state index in [9.17, 15) is 14.9 Å². The lowest BCUT2D eigenvalue weighted by Crippen LogP contribution is -2.37. The number of carbonyl (C=O) groups is 1. The van der Waals surface area contributed by atoms with Crippen molar-refractivity contribution in [2.75, 3.05) is 39.7 Å². The van der Waals surface area contributed by atoms with Gasteiger partial charge in [-0.3, -0.25) is 19.8 Å². The third-order valence-electron chi connectivity index (χ3n) is 4.83. The molecular formula is C20H23N3O6. The number of hydrogen-bond acceptors (Lipinski definition) is 7. The minimum atomic E-state index is -0.516. The summed E-state index contributed by atoms with van der Waals surface area (Å²) in [6.45, 7) is 1.46. The molecule has 1 N–H and O–H groups in total. The summed E-state index contributed by atoms with van der Waals surface area (Å²) in [5.74, 6) is 1.44. The normalized spacial score (nSPS) is 13.3. The second-order valence-electron chi connectivity index (χ2n) is 6.63. The molecule has 0 atom stereocenters. The smallest absolute Gasteiger partial charge is 0.271 e. The summed E-state index contributed by atoms with van der Waals surface area (Å²) in [4.78, 5) is 25.0. The zero-order valence-corrected chi connectivity index (χ0v) is 16.6. The quantitative estimate of drug-likeness (QED) is 0.562. The number of amides is 1. The summed E-state index contributed by atoms with van der Waals surface area (Å²) in [5.41, 5.74) is 2.40. The lowest BCUT2D eigenvalue weighted by molar-refractivity contribution is -0.384. The van der Waals surface area contributed by atoms with Crippen LogP contribution in [-0.4, -0.2) is 50.1 Å². The van der Waals surface area contributed by atoms with Gasteiger partial charge in [0.1, 0.15) is 5.75 Å². The lowest BCUT2D eigenvalue weighted by atomic mass is 9.99. The maximum absolute atomic E-state index is 12.5. The van der Waals surface area contributed by atoms with Crippen molar-refractivity contribution in [2.24, 2.45) is 0 Å². The monoisotopic (exact) mass is 401 g/mol. The number of carbonyl (C=O) groups excluding carboxylic acids is 1. The first-order valence-corrected chi connectivity index (χ1v) is 9.03. The van der Waals surface area contributed by atoms with Crippen LogP contribution in [0.3, 0.4) is 0 Å². The fourth-order valence-corrected chi connectivity index (χ4v) is 3.38. The third kappa shape index (κ3) is 4.57. The maximum Gasteiger partial charge on any atom is 0.271 e. The number of hydrogen-bond donors (Lipinski definition) is 1.